The Balaban J connectivity index is 2.36. The topological polar surface area (TPSA) is 26.0 Å². The van der Waals surface area contributed by atoms with Crippen LogP contribution in [0.1, 0.15) is 22.0 Å². The van der Waals surface area contributed by atoms with Crippen molar-refractivity contribution in [1.82, 2.24) is 0 Å². The highest BCUT2D eigenvalue weighted by atomic mass is 79.9. The maximum atomic E-state index is 6.24. The van der Waals surface area contributed by atoms with Crippen molar-refractivity contribution in [2.45, 2.75) is 13.0 Å². The molecule has 0 saturated carbocycles. The second-order valence-electron chi connectivity index (χ2n) is 3.76. The molecule has 0 saturated heterocycles. The normalized spacial score (nSPS) is 12.8. The van der Waals surface area contributed by atoms with E-state index in [0.29, 0.717) is 5.02 Å². The average Bonchev–Trinajstić information content (AvgIpc) is 2.62. The second-order valence-corrected chi connectivity index (χ2v) is 7.42. The van der Waals surface area contributed by atoms with Crippen LogP contribution in [-0.4, -0.2) is 0 Å². The molecule has 2 rings (SSSR count). The van der Waals surface area contributed by atoms with Crippen LogP contribution in [0, 0.1) is 6.92 Å². The average molecular weight is 396 g/mol. The van der Waals surface area contributed by atoms with Gasteiger partial charge in [-0.3, -0.25) is 0 Å². The Kier molecular flexibility index (Phi) is 4.31. The number of thiophene rings is 1. The van der Waals surface area contributed by atoms with Crippen LogP contribution in [0.25, 0.3) is 0 Å². The van der Waals surface area contributed by atoms with E-state index in [1.165, 1.54) is 5.56 Å². The fourth-order valence-electron chi connectivity index (χ4n) is 1.51. The zero-order chi connectivity index (χ0) is 12.6. The van der Waals surface area contributed by atoms with Gasteiger partial charge in [-0.15, -0.1) is 11.3 Å². The number of nitrogens with two attached hydrogens (primary N) is 1. The van der Waals surface area contributed by atoms with E-state index in [-0.39, 0.29) is 6.04 Å². The van der Waals surface area contributed by atoms with Crippen molar-refractivity contribution in [3.63, 3.8) is 0 Å². The molecule has 0 aliphatic rings. The van der Waals surface area contributed by atoms with Gasteiger partial charge in [0.15, 0.2) is 0 Å². The minimum atomic E-state index is -0.112. The molecular formula is C12H10Br2ClNS. The van der Waals surface area contributed by atoms with Gasteiger partial charge in [0, 0.05) is 9.35 Å². The van der Waals surface area contributed by atoms with Gasteiger partial charge in [-0.1, -0.05) is 17.7 Å². The zero-order valence-electron chi connectivity index (χ0n) is 9.01. The first-order valence-electron chi connectivity index (χ1n) is 4.95. The first-order valence-corrected chi connectivity index (χ1v) is 7.73. The van der Waals surface area contributed by atoms with Crippen LogP contribution in [0.4, 0.5) is 0 Å². The van der Waals surface area contributed by atoms with E-state index in [0.717, 1.165) is 18.7 Å². The Hall–Kier alpha value is 0.130. The third kappa shape index (κ3) is 2.93. The third-order valence-corrected chi connectivity index (χ3v) is 5.92. The lowest BCUT2D eigenvalue weighted by molar-refractivity contribution is 0.891. The van der Waals surface area contributed by atoms with Gasteiger partial charge in [0.05, 0.1) is 14.9 Å². The van der Waals surface area contributed by atoms with Crippen LogP contribution in [-0.2, 0) is 0 Å². The van der Waals surface area contributed by atoms with E-state index in [1.54, 1.807) is 11.3 Å². The van der Waals surface area contributed by atoms with Gasteiger partial charge in [-0.05, 0) is 68.1 Å². The summed E-state index contributed by atoms with van der Waals surface area (Å²) in [5.74, 6) is 0. The molecular weight excluding hydrogens is 385 g/mol. The molecule has 1 heterocycles. The van der Waals surface area contributed by atoms with Crippen LogP contribution in [0.5, 0.6) is 0 Å². The number of halogens is 3. The van der Waals surface area contributed by atoms with E-state index >= 15 is 0 Å². The van der Waals surface area contributed by atoms with Crippen molar-refractivity contribution in [2.24, 2.45) is 5.73 Å². The van der Waals surface area contributed by atoms with E-state index < -0.39 is 0 Å². The Bertz CT molecular complexity index is 534. The maximum absolute atomic E-state index is 6.24. The SMILES string of the molecule is Cc1cc(C(N)c2ccc(Cl)c(Br)c2)sc1Br. The molecule has 1 unspecified atom stereocenters. The van der Waals surface area contributed by atoms with E-state index in [1.807, 2.05) is 18.2 Å². The van der Waals surface area contributed by atoms with Crippen LogP contribution >= 0.6 is 54.8 Å². The highest BCUT2D eigenvalue weighted by Gasteiger charge is 2.14. The molecule has 5 heteroatoms. The number of hydrogen-bond acceptors (Lipinski definition) is 2. The molecule has 1 atom stereocenters. The second kappa shape index (κ2) is 5.41. The summed E-state index contributed by atoms with van der Waals surface area (Å²) in [6.45, 7) is 2.06. The Labute approximate surface area is 126 Å². The molecule has 90 valence electrons. The van der Waals surface area contributed by atoms with Gasteiger partial charge in [-0.25, -0.2) is 0 Å². The Morgan fingerprint density at radius 2 is 2.00 bits per heavy atom. The van der Waals surface area contributed by atoms with Crippen LogP contribution in [0.2, 0.25) is 5.02 Å². The standard InChI is InChI=1S/C12H10Br2ClNS/c1-6-4-10(17-12(6)14)11(16)7-2-3-9(15)8(13)5-7/h2-5,11H,16H2,1H3. The van der Waals surface area contributed by atoms with E-state index in [2.05, 4.69) is 44.8 Å². The van der Waals surface area contributed by atoms with Crippen molar-refractivity contribution < 1.29 is 0 Å². The smallest absolute Gasteiger partial charge is 0.0731 e. The number of hydrogen-bond donors (Lipinski definition) is 1. The quantitative estimate of drug-likeness (QED) is 0.735. The largest absolute Gasteiger partial charge is 0.320 e. The summed E-state index contributed by atoms with van der Waals surface area (Å²) >= 11 is 14.6. The van der Waals surface area contributed by atoms with Crippen molar-refractivity contribution in [3.05, 3.63) is 53.6 Å². The summed E-state index contributed by atoms with van der Waals surface area (Å²) in [7, 11) is 0. The minimum absolute atomic E-state index is 0.112. The maximum Gasteiger partial charge on any atom is 0.0731 e. The number of aryl methyl sites for hydroxylation is 1. The van der Waals surface area contributed by atoms with E-state index in [9.17, 15) is 0 Å². The summed E-state index contributed by atoms with van der Waals surface area (Å²) < 4.78 is 2.01. The Morgan fingerprint density at radius 3 is 2.53 bits per heavy atom. The van der Waals surface area contributed by atoms with Crippen LogP contribution in [0.3, 0.4) is 0 Å². The summed E-state index contributed by atoms with van der Waals surface area (Å²) in [5, 5.41) is 0.699. The van der Waals surface area contributed by atoms with Gasteiger partial charge in [-0.2, -0.15) is 0 Å². The molecule has 0 fully saturated rings. The molecule has 1 nitrogen and oxygen atoms in total. The van der Waals surface area contributed by atoms with Crippen molar-refractivity contribution >= 4 is 54.8 Å². The lowest BCUT2D eigenvalue weighted by Gasteiger charge is -2.10. The predicted molar refractivity (Wildman–Crippen MR) is 81.9 cm³/mol. The molecule has 1 aromatic carbocycles. The number of benzene rings is 1. The highest BCUT2D eigenvalue weighted by Crippen LogP contribution is 2.34. The van der Waals surface area contributed by atoms with Gasteiger partial charge in [0.25, 0.3) is 0 Å². The molecule has 0 aliphatic heterocycles. The molecule has 0 radical (unpaired) electrons. The molecule has 0 aliphatic carbocycles. The molecule has 2 N–H and O–H groups in total. The van der Waals surface area contributed by atoms with E-state index in [4.69, 9.17) is 17.3 Å². The molecule has 2 aromatic rings. The summed E-state index contributed by atoms with van der Waals surface area (Å²) in [4.78, 5) is 1.14. The van der Waals surface area contributed by atoms with Gasteiger partial charge >= 0.3 is 0 Å². The fourth-order valence-corrected chi connectivity index (χ4v) is 3.62. The summed E-state index contributed by atoms with van der Waals surface area (Å²) in [6, 6.07) is 7.79. The van der Waals surface area contributed by atoms with Gasteiger partial charge < -0.3 is 5.73 Å². The van der Waals surface area contributed by atoms with Gasteiger partial charge in [0.2, 0.25) is 0 Å². The first-order chi connectivity index (χ1) is 7.99. The molecule has 0 bridgehead atoms. The molecule has 1 aromatic heterocycles. The minimum Gasteiger partial charge on any atom is -0.320 e. The molecule has 0 spiro atoms. The van der Waals surface area contributed by atoms with Crippen molar-refractivity contribution in [3.8, 4) is 0 Å². The third-order valence-electron chi connectivity index (χ3n) is 2.49. The first kappa shape index (κ1) is 13.6. The lowest BCUT2D eigenvalue weighted by atomic mass is 10.1. The lowest BCUT2D eigenvalue weighted by Crippen LogP contribution is -2.10. The van der Waals surface area contributed by atoms with Crippen LogP contribution in [0.15, 0.2) is 32.5 Å². The summed E-state index contributed by atoms with van der Waals surface area (Å²) in [6.07, 6.45) is 0. The summed E-state index contributed by atoms with van der Waals surface area (Å²) in [5.41, 5.74) is 8.51. The molecule has 17 heavy (non-hydrogen) atoms. The highest BCUT2D eigenvalue weighted by molar-refractivity contribution is 9.11. The van der Waals surface area contributed by atoms with Crippen molar-refractivity contribution in [2.75, 3.05) is 0 Å². The Morgan fingerprint density at radius 1 is 1.29 bits per heavy atom. The fraction of sp³-hybridized carbons (Fsp3) is 0.167. The van der Waals surface area contributed by atoms with Crippen LogP contribution < -0.4 is 5.73 Å². The number of rotatable bonds is 2. The van der Waals surface area contributed by atoms with Crippen molar-refractivity contribution in [1.29, 1.82) is 0 Å². The molecule has 0 amide bonds. The van der Waals surface area contributed by atoms with Gasteiger partial charge in [0.1, 0.15) is 0 Å². The monoisotopic (exact) mass is 393 g/mol. The zero-order valence-corrected chi connectivity index (χ0v) is 13.8. The predicted octanol–water partition coefficient (Wildman–Crippen LogP) is 5.28.